The Kier molecular flexibility index (Phi) is 3.59. The van der Waals surface area contributed by atoms with E-state index in [1.165, 1.54) is 19.3 Å². The molecule has 0 heterocycles. The summed E-state index contributed by atoms with van der Waals surface area (Å²) < 4.78 is 5.61. The summed E-state index contributed by atoms with van der Waals surface area (Å²) >= 11 is 0. The fourth-order valence-electron chi connectivity index (χ4n) is 5.06. The Hall–Kier alpha value is -0.570. The van der Waals surface area contributed by atoms with Crippen LogP contribution in [0.4, 0.5) is 0 Å². The number of carbonyl (C=O) groups is 1. The van der Waals surface area contributed by atoms with E-state index in [0.29, 0.717) is 6.61 Å². The van der Waals surface area contributed by atoms with E-state index in [1.54, 1.807) is 0 Å². The number of nitrogens with zero attached hydrogens (tertiary/aromatic N) is 1. The molecule has 0 aliphatic heterocycles. The molecule has 0 aromatic heterocycles. The first-order chi connectivity index (χ1) is 9.07. The third-order valence-corrected chi connectivity index (χ3v) is 5.45. The first kappa shape index (κ1) is 13.4. The van der Waals surface area contributed by atoms with Crippen molar-refractivity contribution in [3.8, 4) is 0 Å². The molecule has 0 unspecified atom stereocenters. The van der Waals surface area contributed by atoms with Crippen LogP contribution in [0.3, 0.4) is 0 Å². The predicted octanol–water partition coefficient (Wildman–Crippen LogP) is 2.70. The molecule has 0 spiro atoms. The van der Waals surface area contributed by atoms with Gasteiger partial charge in [-0.3, -0.25) is 4.79 Å². The predicted molar refractivity (Wildman–Crippen MR) is 74.7 cm³/mol. The Morgan fingerprint density at radius 2 is 1.63 bits per heavy atom. The minimum atomic E-state index is -0.0765. The maximum Gasteiger partial charge on any atom is 0.312 e. The molecule has 0 aromatic carbocycles. The highest BCUT2D eigenvalue weighted by atomic mass is 16.5. The molecule has 4 fully saturated rings. The second kappa shape index (κ2) is 5.08. The van der Waals surface area contributed by atoms with Crippen LogP contribution in [0, 0.1) is 23.2 Å². The molecule has 4 saturated carbocycles. The molecule has 0 aromatic rings. The average Bonchev–Trinajstić information content (AvgIpc) is 2.32. The van der Waals surface area contributed by atoms with Gasteiger partial charge in [-0.05, 0) is 76.8 Å². The van der Waals surface area contributed by atoms with Crippen LogP contribution < -0.4 is 0 Å². The van der Waals surface area contributed by atoms with Crippen molar-refractivity contribution in [3.05, 3.63) is 0 Å². The first-order valence-corrected chi connectivity index (χ1v) is 7.89. The summed E-state index contributed by atoms with van der Waals surface area (Å²) in [5.74, 6) is 2.59. The topological polar surface area (TPSA) is 29.5 Å². The van der Waals surface area contributed by atoms with E-state index in [1.807, 2.05) is 0 Å². The summed E-state index contributed by atoms with van der Waals surface area (Å²) in [7, 11) is 4.11. The van der Waals surface area contributed by atoms with Crippen molar-refractivity contribution in [3.63, 3.8) is 0 Å². The lowest BCUT2D eigenvalue weighted by Gasteiger charge is -2.55. The van der Waals surface area contributed by atoms with Crippen molar-refractivity contribution in [2.45, 2.75) is 44.9 Å². The zero-order valence-corrected chi connectivity index (χ0v) is 12.4. The molecule has 0 atom stereocenters. The normalized spacial score (nSPS) is 39.8. The van der Waals surface area contributed by atoms with Gasteiger partial charge in [-0.25, -0.2) is 0 Å². The molecule has 4 aliphatic carbocycles. The van der Waals surface area contributed by atoms with Gasteiger partial charge in [0.05, 0.1) is 12.0 Å². The molecular formula is C16H27NO2. The van der Waals surface area contributed by atoms with E-state index in [2.05, 4.69) is 19.0 Å². The van der Waals surface area contributed by atoms with Crippen LogP contribution in [0.1, 0.15) is 44.9 Å². The molecule has 4 rings (SSSR count). The van der Waals surface area contributed by atoms with Crippen LogP contribution in [0.15, 0.2) is 0 Å². The summed E-state index contributed by atoms with van der Waals surface area (Å²) in [6.45, 7) is 1.59. The Morgan fingerprint density at radius 1 is 1.11 bits per heavy atom. The van der Waals surface area contributed by atoms with Gasteiger partial charge in [0, 0.05) is 6.54 Å². The van der Waals surface area contributed by atoms with Crippen molar-refractivity contribution in [1.82, 2.24) is 4.90 Å². The highest BCUT2D eigenvalue weighted by Crippen LogP contribution is 2.60. The summed E-state index contributed by atoms with van der Waals surface area (Å²) in [4.78, 5) is 14.6. The van der Waals surface area contributed by atoms with Crippen molar-refractivity contribution in [2.75, 3.05) is 27.2 Å². The van der Waals surface area contributed by atoms with Gasteiger partial charge >= 0.3 is 5.97 Å². The maximum absolute atomic E-state index is 12.5. The van der Waals surface area contributed by atoms with Crippen LogP contribution in [-0.2, 0) is 9.53 Å². The van der Waals surface area contributed by atoms with E-state index >= 15 is 0 Å². The summed E-state index contributed by atoms with van der Waals surface area (Å²) in [5.41, 5.74) is -0.0765. The molecule has 3 heteroatoms. The van der Waals surface area contributed by atoms with Crippen molar-refractivity contribution < 1.29 is 9.53 Å². The zero-order chi connectivity index (χ0) is 13.5. The minimum absolute atomic E-state index is 0.0765. The molecule has 19 heavy (non-hydrogen) atoms. The molecule has 3 nitrogen and oxygen atoms in total. The summed E-state index contributed by atoms with van der Waals surface area (Å²) in [6, 6.07) is 0. The van der Waals surface area contributed by atoms with Gasteiger partial charge < -0.3 is 9.64 Å². The van der Waals surface area contributed by atoms with Crippen LogP contribution in [0.25, 0.3) is 0 Å². The van der Waals surface area contributed by atoms with Crippen molar-refractivity contribution in [1.29, 1.82) is 0 Å². The molecular weight excluding hydrogens is 238 g/mol. The molecule has 4 bridgehead atoms. The number of carbonyl (C=O) groups excluding carboxylic acids is 1. The summed E-state index contributed by atoms with van der Waals surface area (Å²) in [5, 5.41) is 0. The van der Waals surface area contributed by atoms with Crippen molar-refractivity contribution >= 4 is 5.97 Å². The monoisotopic (exact) mass is 265 g/mol. The van der Waals surface area contributed by atoms with Crippen LogP contribution in [0.2, 0.25) is 0 Å². The highest BCUT2D eigenvalue weighted by molar-refractivity contribution is 5.77. The average molecular weight is 265 g/mol. The van der Waals surface area contributed by atoms with Crippen LogP contribution >= 0.6 is 0 Å². The maximum atomic E-state index is 12.5. The van der Waals surface area contributed by atoms with Gasteiger partial charge in [0.2, 0.25) is 0 Å². The Bertz CT molecular complexity index is 315. The van der Waals surface area contributed by atoms with Crippen LogP contribution in [0.5, 0.6) is 0 Å². The fraction of sp³-hybridized carbons (Fsp3) is 0.938. The van der Waals surface area contributed by atoms with E-state index in [-0.39, 0.29) is 11.4 Å². The Balaban J connectivity index is 1.54. The molecule has 0 N–H and O–H groups in total. The SMILES string of the molecule is CN(C)CCCOC(=O)C12CC3CC(CC(C3)C1)C2. The Morgan fingerprint density at radius 3 is 2.11 bits per heavy atom. The van der Waals surface area contributed by atoms with Gasteiger partial charge in [0.15, 0.2) is 0 Å². The van der Waals surface area contributed by atoms with Gasteiger partial charge in [-0.1, -0.05) is 0 Å². The van der Waals surface area contributed by atoms with Gasteiger partial charge in [0.25, 0.3) is 0 Å². The minimum Gasteiger partial charge on any atom is -0.465 e. The smallest absolute Gasteiger partial charge is 0.312 e. The molecule has 0 radical (unpaired) electrons. The van der Waals surface area contributed by atoms with E-state index in [0.717, 1.165) is 50.0 Å². The lowest BCUT2D eigenvalue weighted by molar-refractivity contribution is -0.171. The molecule has 0 amide bonds. The first-order valence-electron chi connectivity index (χ1n) is 7.89. The molecule has 4 aliphatic rings. The van der Waals surface area contributed by atoms with E-state index in [4.69, 9.17) is 4.74 Å². The van der Waals surface area contributed by atoms with Gasteiger partial charge in [-0.2, -0.15) is 0 Å². The quantitative estimate of drug-likeness (QED) is 0.565. The van der Waals surface area contributed by atoms with E-state index < -0.39 is 0 Å². The van der Waals surface area contributed by atoms with Gasteiger partial charge in [0.1, 0.15) is 0 Å². The van der Waals surface area contributed by atoms with E-state index in [9.17, 15) is 4.79 Å². The Labute approximate surface area is 116 Å². The molecule has 0 saturated heterocycles. The number of rotatable bonds is 5. The number of ether oxygens (including phenoxy) is 1. The van der Waals surface area contributed by atoms with Crippen LogP contribution in [-0.4, -0.2) is 38.1 Å². The summed E-state index contributed by atoms with van der Waals surface area (Å²) in [6.07, 6.45) is 8.45. The second-order valence-corrected chi connectivity index (χ2v) is 7.49. The second-order valence-electron chi connectivity index (χ2n) is 7.49. The highest BCUT2D eigenvalue weighted by Gasteiger charge is 2.55. The third kappa shape index (κ3) is 2.67. The van der Waals surface area contributed by atoms with Crippen molar-refractivity contribution in [2.24, 2.45) is 23.2 Å². The fourth-order valence-corrected chi connectivity index (χ4v) is 5.06. The lowest BCUT2D eigenvalue weighted by Crippen LogP contribution is -2.50. The third-order valence-electron chi connectivity index (χ3n) is 5.45. The lowest BCUT2D eigenvalue weighted by atomic mass is 9.49. The standard InChI is InChI=1S/C16H27NO2/c1-17(2)4-3-5-19-15(18)16-9-12-6-13(10-16)8-14(7-12)11-16/h12-14H,3-11H2,1-2H3. The largest absolute Gasteiger partial charge is 0.465 e. The number of hydrogen-bond acceptors (Lipinski definition) is 3. The molecule has 108 valence electrons. The van der Waals surface area contributed by atoms with Gasteiger partial charge in [-0.15, -0.1) is 0 Å². The number of esters is 1. The zero-order valence-electron chi connectivity index (χ0n) is 12.4. The number of hydrogen-bond donors (Lipinski definition) is 0.